The normalized spacial score (nSPS) is 16.0. The standard InChI is InChI=1S/C18H23N9S/c1-12(28-18-24-25-26-27(18)14-10-6-3-7-11-14)15-21-16(19)23-17(22-15)20-13-8-4-2-5-9-13/h2,4-5,8-9,12,14H,3,6-7,10-11H2,1H3,(H3,19,20,21,22,23). The third-order valence-corrected chi connectivity index (χ3v) is 5.77. The molecule has 3 N–H and O–H groups in total. The first-order chi connectivity index (χ1) is 13.7. The monoisotopic (exact) mass is 397 g/mol. The molecule has 10 heteroatoms. The van der Waals surface area contributed by atoms with Crippen LogP contribution in [0.1, 0.15) is 56.1 Å². The van der Waals surface area contributed by atoms with E-state index in [-0.39, 0.29) is 11.2 Å². The van der Waals surface area contributed by atoms with Crippen molar-refractivity contribution < 1.29 is 0 Å². The Balaban J connectivity index is 1.51. The van der Waals surface area contributed by atoms with Gasteiger partial charge in [0.1, 0.15) is 5.82 Å². The van der Waals surface area contributed by atoms with E-state index in [2.05, 4.69) is 35.8 Å². The number of thioether (sulfide) groups is 1. The van der Waals surface area contributed by atoms with E-state index in [0.717, 1.165) is 23.7 Å². The number of nitrogens with two attached hydrogens (primary N) is 1. The minimum Gasteiger partial charge on any atom is -0.368 e. The van der Waals surface area contributed by atoms with Gasteiger partial charge in [-0.1, -0.05) is 49.2 Å². The molecular formula is C18H23N9S. The predicted molar refractivity (Wildman–Crippen MR) is 108 cm³/mol. The number of nitrogens with zero attached hydrogens (tertiary/aromatic N) is 7. The third-order valence-electron chi connectivity index (χ3n) is 4.73. The molecule has 146 valence electrons. The summed E-state index contributed by atoms with van der Waals surface area (Å²) in [7, 11) is 0. The summed E-state index contributed by atoms with van der Waals surface area (Å²) in [5.41, 5.74) is 6.80. The van der Waals surface area contributed by atoms with Crippen LogP contribution in [-0.4, -0.2) is 35.2 Å². The maximum atomic E-state index is 5.91. The van der Waals surface area contributed by atoms with E-state index in [1.165, 1.54) is 31.0 Å². The molecule has 0 radical (unpaired) electrons. The largest absolute Gasteiger partial charge is 0.368 e. The van der Waals surface area contributed by atoms with E-state index >= 15 is 0 Å². The van der Waals surface area contributed by atoms with Gasteiger partial charge in [0.2, 0.25) is 17.1 Å². The minimum absolute atomic E-state index is 0.0741. The Morgan fingerprint density at radius 1 is 1.11 bits per heavy atom. The summed E-state index contributed by atoms with van der Waals surface area (Å²) in [5, 5.41) is 16.2. The van der Waals surface area contributed by atoms with Crippen molar-refractivity contribution in [1.29, 1.82) is 0 Å². The summed E-state index contributed by atoms with van der Waals surface area (Å²) in [6.07, 6.45) is 5.98. The van der Waals surface area contributed by atoms with E-state index < -0.39 is 0 Å². The lowest BCUT2D eigenvalue weighted by Crippen LogP contribution is -2.15. The summed E-state index contributed by atoms with van der Waals surface area (Å²) in [5.74, 6) is 1.20. The van der Waals surface area contributed by atoms with Gasteiger partial charge in [-0.05, 0) is 42.3 Å². The van der Waals surface area contributed by atoms with Crippen LogP contribution in [0.15, 0.2) is 35.5 Å². The fourth-order valence-electron chi connectivity index (χ4n) is 3.33. The van der Waals surface area contributed by atoms with Crippen LogP contribution in [0.2, 0.25) is 0 Å². The number of rotatable bonds is 6. The molecule has 1 atom stereocenters. The van der Waals surface area contributed by atoms with Gasteiger partial charge >= 0.3 is 0 Å². The lowest BCUT2D eigenvalue weighted by Gasteiger charge is -2.22. The van der Waals surface area contributed by atoms with Crippen LogP contribution < -0.4 is 11.1 Å². The molecular weight excluding hydrogens is 374 g/mol. The number of tetrazole rings is 1. The molecule has 2 heterocycles. The second-order valence-electron chi connectivity index (χ2n) is 6.82. The molecule has 0 amide bonds. The van der Waals surface area contributed by atoms with Crippen molar-refractivity contribution in [3.8, 4) is 0 Å². The van der Waals surface area contributed by atoms with Crippen molar-refractivity contribution in [2.75, 3.05) is 11.1 Å². The average Bonchev–Trinajstić information content (AvgIpc) is 3.17. The van der Waals surface area contributed by atoms with Gasteiger partial charge in [0, 0.05) is 5.69 Å². The summed E-state index contributed by atoms with van der Waals surface area (Å²) >= 11 is 1.54. The number of nitrogen functional groups attached to an aromatic ring is 1. The molecule has 0 saturated heterocycles. The first-order valence-electron chi connectivity index (χ1n) is 9.47. The summed E-state index contributed by atoms with van der Waals surface area (Å²) < 4.78 is 1.95. The molecule has 1 fully saturated rings. The number of hydrogen-bond donors (Lipinski definition) is 2. The average molecular weight is 398 g/mol. The van der Waals surface area contributed by atoms with Crippen LogP contribution in [-0.2, 0) is 0 Å². The molecule has 1 unspecified atom stereocenters. The summed E-state index contributed by atoms with van der Waals surface area (Å²) in [6, 6.07) is 10.1. The van der Waals surface area contributed by atoms with E-state index in [4.69, 9.17) is 5.73 Å². The minimum atomic E-state index is -0.0741. The first-order valence-corrected chi connectivity index (χ1v) is 10.3. The third kappa shape index (κ3) is 4.38. The Morgan fingerprint density at radius 2 is 1.89 bits per heavy atom. The van der Waals surface area contributed by atoms with Crippen LogP contribution in [0.3, 0.4) is 0 Å². The lowest BCUT2D eigenvalue weighted by molar-refractivity contribution is 0.307. The molecule has 1 aromatic carbocycles. The van der Waals surface area contributed by atoms with Gasteiger partial charge in [0.05, 0.1) is 11.3 Å². The zero-order valence-corrected chi connectivity index (χ0v) is 16.5. The highest BCUT2D eigenvalue weighted by Gasteiger charge is 2.23. The Kier molecular flexibility index (Phi) is 5.65. The molecule has 28 heavy (non-hydrogen) atoms. The van der Waals surface area contributed by atoms with Gasteiger partial charge < -0.3 is 11.1 Å². The van der Waals surface area contributed by atoms with Gasteiger partial charge in [-0.15, -0.1) is 5.10 Å². The van der Waals surface area contributed by atoms with Gasteiger partial charge in [0.15, 0.2) is 0 Å². The van der Waals surface area contributed by atoms with Crippen LogP contribution in [0.25, 0.3) is 0 Å². The number of aromatic nitrogens is 7. The number of anilines is 3. The molecule has 4 rings (SSSR count). The highest BCUT2D eigenvalue weighted by Crippen LogP contribution is 2.36. The Hall–Kier alpha value is -2.75. The van der Waals surface area contributed by atoms with Gasteiger partial charge in [-0.2, -0.15) is 15.0 Å². The topological polar surface area (TPSA) is 120 Å². The SMILES string of the molecule is CC(Sc1nnnn1C1CCCCC1)c1nc(N)nc(Nc2ccccc2)n1. The number of para-hydroxylation sites is 1. The maximum Gasteiger partial charge on any atom is 0.232 e. The molecule has 1 aliphatic rings. The summed E-state index contributed by atoms with van der Waals surface area (Å²) in [4.78, 5) is 13.0. The fraction of sp³-hybridized carbons (Fsp3) is 0.444. The van der Waals surface area contributed by atoms with E-state index in [0.29, 0.717) is 17.8 Å². The van der Waals surface area contributed by atoms with Crippen molar-refractivity contribution in [3.05, 3.63) is 36.2 Å². The van der Waals surface area contributed by atoms with Crippen molar-refractivity contribution in [3.63, 3.8) is 0 Å². The van der Waals surface area contributed by atoms with Crippen molar-refractivity contribution in [1.82, 2.24) is 35.2 Å². The molecule has 2 aromatic heterocycles. The highest BCUT2D eigenvalue weighted by atomic mass is 32.2. The highest BCUT2D eigenvalue weighted by molar-refractivity contribution is 7.99. The Bertz CT molecular complexity index is 908. The lowest BCUT2D eigenvalue weighted by atomic mass is 9.96. The smallest absolute Gasteiger partial charge is 0.232 e. The van der Waals surface area contributed by atoms with E-state index in [1.807, 2.05) is 41.9 Å². The molecule has 0 aliphatic heterocycles. The van der Waals surface area contributed by atoms with Crippen LogP contribution >= 0.6 is 11.8 Å². The van der Waals surface area contributed by atoms with Gasteiger partial charge in [-0.3, -0.25) is 0 Å². The predicted octanol–water partition coefficient (Wildman–Crippen LogP) is 3.54. The number of hydrogen-bond acceptors (Lipinski definition) is 9. The summed E-state index contributed by atoms with van der Waals surface area (Å²) in [6.45, 7) is 2.02. The van der Waals surface area contributed by atoms with Crippen molar-refractivity contribution >= 4 is 29.3 Å². The first kappa shape index (κ1) is 18.6. The second kappa shape index (κ2) is 8.51. The maximum absolute atomic E-state index is 5.91. The van der Waals surface area contributed by atoms with Gasteiger partial charge in [-0.25, -0.2) is 4.68 Å². The zero-order valence-electron chi connectivity index (χ0n) is 15.7. The molecule has 1 aliphatic carbocycles. The fourth-order valence-corrected chi connectivity index (χ4v) is 4.23. The van der Waals surface area contributed by atoms with Crippen LogP contribution in [0, 0.1) is 0 Å². The zero-order chi connectivity index (χ0) is 19.3. The molecule has 0 spiro atoms. The van der Waals surface area contributed by atoms with Crippen LogP contribution in [0.4, 0.5) is 17.6 Å². The van der Waals surface area contributed by atoms with E-state index in [1.54, 1.807) is 0 Å². The molecule has 0 bridgehead atoms. The van der Waals surface area contributed by atoms with Crippen molar-refractivity contribution in [2.45, 2.75) is 55.5 Å². The number of benzene rings is 1. The Labute approximate surface area is 167 Å². The van der Waals surface area contributed by atoms with Crippen molar-refractivity contribution in [2.24, 2.45) is 0 Å². The molecule has 3 aromatic rings. The van der Waals surface area contributed by atoms with Crippen LogP contribution in [0.5, 0.6) is 0 Å². The quantitative estimate of drug-likeness (QED) is 0.601. The molecule has 9 nitrogen and oxygen atoms in total. The Morgan fingerprint density at radius 3 is 2.68 bits per heavy atom. The van der Waals surface area contributed by atoms with E-state index in [9.17, 15) is 0 Å². The van der Waals surface area contributed by atoms with Gasteiger partial charge in [0.25, 0.3) is 0 Å². The number of nitrogens with one attached hydrogen (secondary N) is 1. The molecule has 1 saturated carbocycles. The second-order valence-corrected chi connectivity index (χ2v) is 8.13.